The van der Waals surface area contributed by atoms with Gasteiger partial charge in [-0.1, -0.05) is 27.7 Å². The van der Waals surface area contributed by atoms with Gasteiger partial charge < -0.3 is 10.8 Å². The molecule has 0 aromatic heterocycles. The Morgan fingerprint density at radius 2 is 1.82 bits per heavy atom. The molecule has 0 radical (unpaired) electrons. The van der Waals surface area contributed by atoms with E-state index >= 15 is 0 Å². The summed E-state index contributed by atoms with van der Waals surface area (Å²) in [5.74, 6) is 0.334. The standard InChI is InChI=1S/C9H21NO/c1-7(2)8(11)5-9(3,4)6-10/h7-8,11H,5-6,10H2,1-4H3. The fourth-order valence-corrected chi connectivity index (χ4v) is 0.885. The molecule has 0 aliphatic rings. The van der Waals surface area contributed by atoms with Crippen LogP contribution in [0.15, 0.2) is 0 Å². The summed E-state index contributed by atoms with van der Waals surface area (Å²) in [6.45, 7) is 8.85. The van der Waals surface area contributed by atoms with E-state index in [2.05, 4.69) is 13.8 Å². The van der Waals surface area contributed by atoms with Crippen molar-refractivity contribution in [2.45, 2.75) is 40.2 Å². The Kier molecular flexibility index (Phi) is 4.04. The Morgan fingerprint density at radius 1 is 1.36 bits per heavy atom. The third kappa shape index (κ3) is 4.38. The average molecular weight is 159 g/mol. The molecule has 0 aromatic rings. The quantitative estimate of drug-likeness (QED) is 0.651. The lowest BCUT2D eigenvalue weighted by Gasteiger charge is -2.27. The minimum Gasteiger partial charge on any atom is -0.393 e. The molecule has 68 valence electrons. The third-order valence-electron chi connectivity index (χ3n) is 2.08. The van der Waals surface area contributed by atoms with E-state index in [0.717, 1.165) is 6.42 Å². The number of rotatable bonds is 4. The van der Waals surface area contributed by atoms with Gasteiger partial charge in [0.15, 0.2) is 0 Å². The average Bonchev–Trinajstić information content (AvgIpc) is 1.87. The van der Waals surface area contributed by atoms with Crippen LogP contribution in [0.25, 0.3) is 0 Å². The van der Waals surface area contributed by atoms with Crippen molar-refractivity contribution in [2.24, 2.45) is 17.1 Å². The highest BCUT2D eigenvalue weighted by Gasteiger charge is 2.21. The highest BCUT2D eigenvalue weighted by molar-refractivity contribution is 4.75. The topological polar surface area (TPSA) is 46.2 Å². The number of nitrogens with two attached hydrogens (primary N) is 1. The summed E-state index contributed by atoms with van der Waals surface area (Å²) in [6.07, 6.45) is 0.579. The molecule has 2 nitrogen and oxygen atoms in total. The van der Waals surface area contributed by atoms with Gasteiger partial charge in [0.2, 0.25) is 0 Å². The molecule has 0 amide bonds. The monoisotopic (exact) mass is 159 g/mol. The van der Waals surface area contributed by atoms with Gasteiger partial charge in [0, 0.05) is 0 Å². The molecule has 0 bridgehead atoms. The minimum atomic E-state index is -0.214. The van der Waals surface area contributed by atoms with E-state index in [-0.39, 0.29) is 11.5 Å². The van der Waals surface area contributed by atoms with Crippen LogP contribution in [0.5, 0.6) is 0 Å². The van der Waals surface area contributed by atoms with Crippen molar-refractivity contribution in [1.29, 1.82) is 0 Å². The van der Waals surface area contributed by atoms with Crippen molar-refractivity contribution in [3.8, 4) is 0 Å². The molecule has 0 fully saturated rings. The molecule has 0 rings (SSSR count). The molecule has 2 heteroatoms. The molecular formula is C9H21NO. The molecule has 1 atom stereocenters. The number of aliphatic hydroxyl groups excluding tert-OH is 1. The van der Waals surface area contributed by atoms with Gasteiger partial charge in [-0.25, -0.2) is 0 Å². The van der Waals surface area contributed by atoms with Gasteiger partial charge in [-0.3, -0.25) is 0 Å². The summed E-state index contributed by atoms with van der Waals surface area (Å²) in [6, 6.07) is 0. The molecule has 0 aliphatic carbocycles. The fraction of sp³-hybridized carbons (Fsp3) is 1.00. The second-order valence-electron chi connectivity index (χ2n) is 4.38. The van der Waals surface area contributed by atoms with Crippen LogP contribution >= 0.6 is 0 Å². The first kappa shape index (κ1) is 10.9. The van der Waals surface area contributed by atoms with Crippen LogP contribution < -0.4 is 5.73 Å². The van der Waals surface area contributed by atoms with Crippen LogP contribution in [-0.4, -0.2) is 17.8 Å². The molecule has 0 saturated heterocycles. The van der Waals surface area contributed by atoms with Crippen molar-refractivity contribution in [1.82, 2.24) is 0 Å². The Hall–Kier alpha value is -0.0800. The van der Waals surface area contributed by atoms with Gasteiger partial charge in [-0.2, -0.15) is 0 Å². The summed E-state index contributed by atoms with van der Waals surface area (Å²) in [7, 11) is 0. The van der Waals surface area contributed by atoms with E-state index < -0.39 is 0 Å². The first-order chi connectivity index (χ1) is 4.89. The number of hydrogen-bond donors (Lipinski definition) is 2. The Bertz CT molecular complexity index is 110. The van der Waals surface area contributed by atoms with Gasteiger partial charge in [0.25, 0.3) is 0 Å². The van der Waals surface area contributed by atoms with E-state index in [1.807, 2.05) is 13.8 Å². The number of hydrogen-bond acceptors (Lipinski definition) is 2. The molecule has 0 spiro atoms. The van der Waals surface area contributed by atoms with Gasteiger partial charge in [-0.15, -0.1) is 0 Å². The van der Waals surface area contributed by atoms with E-state index in [9.17, 15) is 5.11 Å². The lowest BCUT2D eigenvalue weighted by molar-refractivity contribution is 0.0771. The van der Waals surface area contributed by atoms with Crippen molar-refractivity contribution >= 4 is 0 Å². The maximum absolute atomic E-state index is 9.54. The summed E-state index contributed by atoms with van der Waals surface area (Å²) in [5.41, 5.74) is 5.62. The molecule has 0 aromatic carbocycles. The lowest BCUT2D eigenvalue weighted by atomic mass is 9.84. The van der Waals surface area contributed by atoms with Crippen LogP contribution in [0.4, 0.5) is 0 Å². The van der Waals surface area contributed by atoms with Crippen molar-refractivity contribution in [2.75, 3.05) is 6.54 Å². The van der Waals surface area contributed by atoms with E-state index in [0.29, 0.717) is 12.5 Å². The SMILES string of the molecule is CC(C)C(O)CC(C)(C)CN. The minimum absolute atomic E-state index is 0.0731. The van der Waals surface area contributed by atoms with E-state index in [1.54, 1.807) is 0 Å². The maximum atomic E-state index is 9.54. The first-order valence-corrected chi connectivity index (χ1v) is 4.27. The highest BCUT2D eigenvalue weighted by atomic mass is 16.3. The first-order valence-electron chi connectivity index (χ1n) is 4.27. The van der Waals surface area contributed by atoms with Crippen LogP contribution in [0.3, 0.4) is 0 Å². The molecule has 1 unspecified atom stereocenters. The molecule has 0 saturated carbocycles. The smallest absolute Gasteiger partial charge is 0.0568 e. The second kappa shape index (κ2) is 4.07. The zero-order valence-electron chi connectivity index (χ0n) is 8.09. The normalized spacial score (nSPS) is 15.5. The van der Waals surface area contributed by atoms with Crippen LogP contribution in [0, 0.1) is 11.3 Å². The molecule has 0 aliphatic heterocycles. The fourth-order valence-electron chi connectivity index (χ4n) is 0.885. The Morgan fingerprint density at radius 3 is 2.09 bits per heavy atom. The summed E-state index contributed by atoms with van der Waals surface area (Å²) in [4.78, 5) is 0. The Labute approximate surface area is 69.8 Å². The van der Waals surface area contributed by atoms with Gasteiger partial charge in [0.05, 0.1) is 6.10 Å². The second-order valence-corrected chi connectivity index (χ2v) is 4.38. The molecule has 0 heterocycles. The predicted octanol–water partition coefficient (Wildman–Crippen LogP) is 1.38. The largest absolute Gasteiger partial charge is 0.393 e. The van der Waals surface area contributed by atoms with Crippen LogP contribution in [0.1, 0.15) is 34.1 Å². The van der Waals surface area contributed by atoms with Crippen molar-refractivity contribution in [3.05, 3.63) is 0 Å². The van der Waals surface area contributed by atoms with E-state index in [4.69, 9.17) is 5.73 Å². The highest BCUT2D eigenvalue weighted by Crippen LogP contribution is 2.23. The summed E-state index contributed by atoms with van der Waals surface area (Å²) >= 11 is 0. The van der Waals surface area contributed by atoms with Crippen molar-refractivity contribution in [3.63, 3.8) is 0 Å². The lowest BCUT2D eigenvalue weighted by Crippen LogP contribution is -2.30. The molecule has 11 heavy (non-hydrogen) atoms. The van der Waals surface area contributed by atoms with Gasteiger partial charge in [0.1, 0.15) is 0 Å². The van der Waals surface area contributed by atoms with Gasteiger partial charge in [-0.05, 0) is 24.3 Å². The van der Waals surface area contributed by atoms with Crippen LogP contribution in [-0.2, 0) is 0 Å². The Balaban J connectivity index is 3.83. The summed E-state index contributed by atoms with van der Waals surface area (Å²) in [5, 5.41) is 9.54. The zero-order valence-corrected chi connectivity index (χ0v) is 8.09. The van der Waals surface area contributed by atoms with E-state index in [1.165, 1.54) is 0 Å². The summed E-state index contributed by atoms with van der Waals surface area (Å²) < 4.78 is 0. The maximum Gasteiger partial charge on any atom is 0.0568 e. The van der Waals surface area contributed by atoms with Crippen molar-refractivity contribution < 1.29 is 5.11 Å². The molecule has 3 N–H and O–H groups in total. The van der Waals surface area contributed by atoms with Crippen LogP contribution in [0.2, 0.25) is 0 Å². The molecular weight excluding hydrogens is 138 g/mol. The number of aliphatic hydroxyl groups is 1. The third-order valence-corrected chi connectivity index (χ3v) is 2.08. The van der Waals surface area contributed by atoms with Gasteiger partial charge >= 0.3 is 0 Å². The predicted molar refractivity (Wildman–Crippen MR) is 48.3 cm³/mol. The zero-order chi connectivity index (χ0) is 9.07.